The van der Waals surface area contributed by atoms with Crippen molar-refractivity contribution < 1.29 is 13.7 Å². The van der Waals surface area contributed by atoms with Gasteiger partial charge >= 0.3 is 6.03 Å². The molecule has 4 rings (SSSR count). The lowest BCUT2D eigenvalue weighted by molar-refractivity contribution is 0.232. The molecule has 0 unspecified atom stereocenters. The maximum atomic E-state index is 12.8. The summed E-state index contributed by atoms with van der Waals surface area (Å²) >= 11 is 0. The number of hydrogen-bond donors (Lipinski definition) is 2. The van der Waals surface area contributed by atoms with E-state index in [-0.39, 0.29) is 11.9 Å². The van der Waals surface area contributed by atoms with Gasteiger partial charge in [-0.15, -0.1) is 0 Å². The number of aryl methyl sites for hydroxylation is 1. The van der Waals surface area contributed by atoms with Crippen molar-refractivity contribution in [3.63, 3.8) is 0 Å². The predicted octanol–water partition coefficient (Wildman–Crippen LogP) is 3.78. The second kappa shape index (κ2) is 7.14. The van der Waals surface area contributed by atoms with Gasteiger partial charge in [0, 0.05) is 19.0 Å². The molecule has 0 bridgehead atoms. The lowest BCUT2D eigenvalue weighted by atomic mass is 9.97. The second-order valence-corrected chi connectivity index (χ2v) is 7.49. The largest absolute Gasteiger partial charge is 0.463 e. The number of anilines is 1. The molecule has 28 heavy (non-hydrogen) atoms. The zero-order valence-corrected chi connectivity index (χ0v) is 16.2. The van der Waals surface area contributed by atoms with Crippen LogP contribution in [0, 0.1) is 0 Å². The second-order valence-electron chi connectivity index (χ2n) is 7.49. The van der Waals surface area contributed by atoms with Gasteiger partial charge in [-0.3, -0.25) is 10.00 Å². The van der Waals surface area contributed by atoms with Crippen molar-refractivity contribution in [1.29, 1.82) is 0 Å². The van der Waals surface area contributed by atoms with Crippen molar-refractivity contribution >= 4 is 11.8 Å². The Morgan fingerprint density at radius 2 is 2.11 bits per heavy atom. The average molecular weight is 384 g/mol. The molecule has 148 valence electrons. The highest BCUT2D eigenvalue weighted by Crippen LogP contribution is 2.37. The van der Waals surface area contributed by atoms with Crippen LogP contribution in [0.15, 0.2) is 33.4 Å². The highest BCUT2D eigenvalue weighted by atomic mass is 16.5. The van der Waals surface area contributed by atoms with Gasteiger partial charge in [0.25, 0.3) is 0 Å². The molecule has 2 amide bonds. The monoisotopic (exact) mass is 384 g/mol. The molecular weight excluding hydrogens is 360 g/mol. The van der Waals surface area contributed by atoms with Crippen molar-refractivity contribution in [3.8, 4) is 11.5 Å². The number of furan rings is 1. The normalized spacial score (nSPS) is 15.9. The number of nitrogens with one attached hydrogen (secondary N) is 2. The highest BCUT2D eigenvalue weighted by molar-refractivity contribution is 5.89. The van der Waals surface area contributed by atoms with Gasteiger partial charge in [-0.1, -0.05) is 31.8 Å². The molecule has 9 nitrogen and oxygen atoms in total. The summed E-state index contributed by atoms with van der Waals surface area (Å²) in [5.41, 5.74) is 0.0431. The molecule has 3 aromatic heterocycles. The summed E-state index contributed by atoms with van der Waals surface area (Å²) in [6, 6.07) is 5.06. The van der Waals surface area contributed by atoms with E-state index in [1.807, 2.05) is 19.9 Å². The third-order valence-corrected chi connectivity index (χ3v) is 5.07. The number of aromatic nitrogens is 4. The Balaban J connectivity index is 1.51. The van der Waals surface area contributed by atoms with Gasteiger partial charge in [-0.05, 0) is 25.0 Å². The minimum absolute atomic E-state index is 0.142. The molecule has 0 aromatic carbocycles. The number of carbonyl (C=O) groups is 1. The summed E-state index contributed by atoms with van der Waals surface area (Å²) in [6.45, 7) is 4.00. The van der Waals surface area contributed by atoms with Crippen LogP contribution in [0.4, 0.5) is 10.6 Å². The first-order valence-corrected chi connectivity index (χ1v) is 9.48. The number of rotatable bonds is 5. The molecule has 0 saturated heterocycles. The predicted molar refractivity (Wildman–Crippen MR) is 102 cm³/mol. The Bertz CT molecular complexity index is 950. The molecule has 0 spiro atoms. The van der Waals surface area contributed by atoms with E-state index in [9.17, 15) is 4.79 Å². The Morgan fingerprint density at radius 3 is 2.75 bits per heavy atom. The van der Waals surface area contributed by atoms with Crippen LogP contribution in [0.3, 0.4) is 0 Å². The van der Waals surface area contributed by atoms with Crippen LogP contribution in [0.2, 0.25) is 0 Å². The summed E-state index contributed by atoms with van der Waals surface area (Å²) in [6.07, 6.45) is 5.14. The fourth-order valence-corrected chi connectivity index (χ4v) is 3.54. The third-order valence-electron chi connectivity index (χ3n) is 5.07. The molecule has 0 radical (unpaired) electrons. The zero-order valence-electron chi connectivity index (χ0n) is 16.2. The van der Waals surface area contributed by atoms with Crippen molar-refractivity contribution in [2.24, 2.45) is 7.05 Å². The van der Waals surface area contributed by atoms with Crippen molar-refractivity contribution in [2.45, 2.75) is 51.0 Å². The van der Waals surface area contributed by atoms with Gasteiger partial charge in [0.05, 0.1) is 6.26 Å². The third kappa shape index (κ3) is 3.39. The first kappa shape index (κ1) is 18.3. The lowest BCUT2D eigenvalue weighted by Crippen LogP contribution is -2.46. The SMILES string of the molecule is CC(C)c1nc(C2(NC(=O)Nc3cc(-c4ccco4)nn3C)CCCC2)no1. The smallest absolute Gasteiger partial charge is 0.321 e. The summed E-state index contributed by atoms with van der Waals surface area (Å²) < 4.78 is 12.3. The summed E-state index contributed by atoms with van der Waals surface area (Å²) in [5, 5.41) is 14.5. The van der Waals surface area contributed by atoms with E-state index in [0.717, 1.165) is 25.7 Å². The molecule has 3 heterocycles. The van der Waals surface area contributed by atoms with Gasteiger partial charge < -0.3 is 14.3 Å². The van der Waals surface area contributed by atoms with Gasteiger partial charge in [-0.25, -0.2) is 4.79 Å². The van der Waals surface area contributed by atoms with Crippen molar-refractivity contribution in [3.05, 3.63) is 36.2 Å². The average Bonchev–Trinajstić information content (AvgIpc) is 3.43. The van der Waals surface area contributed by atoms with E-state index in [4.69, 9.17) is 8.94 Å². The van der Waals surface area contributed by atoms with E-state index in [2.05, 4.69) is 25.9 Å². The molecular formula is C19H24N6O3. The maximum absolute atomic E-state index is 12.8. The first-order chi connectivity index (χ1) is 13.5. The van der Waals surface area contributed by atoms with Crippen LogP contribution in [0.5, 0.6) is 0 Å². The van der Waals surface area contributed by atoms with Crippen LogP contribution >= 0.6 is 0 Å². The van der Waals surface area contributed by atoms with Gasteiger partial charge in [0.15, 0.2) is 11.6 Å². The van der Waals surface area contributed by atoms with Gasteiger partial charge in [0.2, 0.25) is 5.89 Å². The summed E-state index contributed by atoms with van der Waals surface area (Å²) in [5.74, 6) is 2.48. The van der Waals surface area contributed by atoms with Crippen LogP contribution in [-0.2, 0) is 12.6 Å². The van der Waals surface area contributed by atoms with E-state index < -0.39 is 5.54 Å². The van der Waals surface area contributed by atoms with Crippen LogP contribution in [0.1, 0.15) is 57.2 Å². The maximum Gasteiger partial charge on any atom is 0.321 e. The highest BCUT2D eigenvalue weighted by Gasteiger charge is 2.41. The zero-order chi connectivity index (χ0) is 19.7. The Kier molecular flexibility index (Phi) is 4.66. The summed E-state index contributed by atoms with van der Waals surface area (Å²) in [7, 11) is 1.77. The van der Waals surface area contributed by atoms with Crippen LogP contribution < -0.4 is 10.6 Å². The molecule has 1 fully saturated rings. The van der Waals surface area contributed by atoms with Crippen molar-refractivity contribution in [1.82, 2.24) is 25.2 Å². The molecule has 0 atom stereocenters. The molecule has 3 aromatic rings. The standard InChI is InChI=1S/C19H24N6O3/c1-12(2)16-21-17(24-28-16)19(8-4-5-9-19)22-18(26)20-15-11-13(23-25(15)3)14-7-6-10-27-14/h6-7,10-12H,4-5,8-9H2,1-3H3,(H2,20,22,26). The Morgan fingerprint density at radius 1 is 1.32 bits per heavy atom. The number of amides is 2. The molecule has 0 aliphatic heterocycles. The number of hydrogen-bond acceptors (Lipinski definition) is 6. The van der Waals surface area contributed by atoms with E-state index in [0.29, 0.717) is 29.0 Å². The fourth-order valence-electron chi connectivity index (χ4n) is 3.54. The number of urea groups is 1. The van der Waals surface area contributed by atoms with E-state index in [1.165, 1.54) is 0 Å². The van der Waals surface area contributed by atoms with Crippen molar-refractivity contribution in [2.75, 3.05) is 5.32 Å². The number of nitrogens with zero attached hydrogens (tertiary/aromatic N) is 4. The number of carbonyl (C=O) groups excluding carboxylic acids is 1. The quantitative estimate of drug-likeness (QED) is 0.692. The van der Waals surface area contributed by atoms with E-state index in [1.54, 1.807) is 30.1 Å². The Labute approximate surface area is 162 Å². The van der Waals surface area contributed by atoms with Gasteiger partial charge in [0.1, 0.15) is 17.1 Å². The topological polar surface area (TPSA) is 111 Å². The molecule has 9 heteroatoms. The molecule has 1 saturated carbocycles. The molecule has 1 aliphatic carbocycles. The molecule has 1 aliphatic rings. The van der Waals surface area contributed by atoms with E-state index >= 15 is 0 Å². The summed E-state index contributed by atoms with van der Waals surface area (Å²) in [4.78, 5) is 17.3. The van der Waals surface area contributed by atoms with Gasteiger partial charge in [-0.2, -0.15) is 10.1 Å². The fraction of sp³-hybridized carbons (Fsp3) is 0.474. The Hall–Kier alpha value is -3.10. The van der Waals surface area contributed by atoms with Crippen LogP contribution in [0.25, 0.3) is 11.5 Å². The first-order valence-electron chi connectivity index (χ1n) is 9.48. The van der Waals surface area contributed by atoms with Crippen LogP contribution in [-0.4, -0.2) is 26.0 Å². The lowest BCUT2D eigenvalue weighted by Gasteiger charge is -2.26. The molecule has 2 N–H and O–H groups in total. The minimum Gasteiger partial charge on any atom is -0.463 e. The minimum atomic E-state index is -0.608.